The standard InChI is InChI=1S/C10H9F6NO2/c11-9(12,13)18-6-5-17-7-1-3-8(4-2-7)19-10(14,15)16/h1-4,17H,5-6H2. The van der Waals surface area contributed by atoms with Crippen LogP contribution >= 0.6 is 0 Å². The molecule has 19 heavy (non-hydrogen) atoms. The Bertz CT molecular complexity index is 386. The second-order valence-electron chi connectivity index (χ2n) is 3.29. The van der Waals surface area contributed by atoms with E-state index >= 15 is 0 Å². The van der Waals surface area contributed by atoms with Crippen molar-refractivity contribution in [2.24, 2.45) is 0 Å². The van der Waals surface area contributed by atoms with E-state index in [1.165, 1.54) is 12.1 Å². The molecular formula is C10H9F6NO2. The highest BCUT2D eigenvalue weighted by atomic mass is 19.4. The number of halogens is 6. The van der Waals surface area contributed by atoms with Gasteiger partial charge in [0.15, 0.2) is 0 Å². The monoisotopic (exact) mass is 289 g/mol. The minimum Gasteiger partial charge on any atom is -0.406 e. The van der Waals surface area contributed by atoms with Crippen LogP contribution in [0.5, 0.6) is 5.75 Å². The predicted octanol–water partition coefficient (Wildman–Crippen LogP) is 3.53. The van der Waals surface area contributed by atoms with Gasteiger partial charge in [-0.2, -0.15) is 0 Å². The van der Waals surface area contributed by atoms with Crippen LogP contribution in [0, 0.1) is 0 Å². The summed E-state index contributed by atoms with van der Waals surface area (Å²) in [6, 6.07) is 4.57. The molecule has 0 spiro atoms. The highest BCUT2D eigenvalue weighted by Gasteiger charge is 2.31. The molecule has 0 saturated heterocycles. The lowest BCUT2D eigenvalue weighted by molar-refractivity contribution is -0.322. The van der Waals surface area contributed by atoms with E-state index in [9.17, 15) is 26.3 Å². The molecule has 3 nitrogen and oxygen atoms in total. The second kappa shape index (κ2) is 6.00. The third-order valence-electron chi connectivity index (χ3n) is 1.78. The summed E-state index contributed by atoms with van der Waals surface area (Å²) >= 11 is 0. The van der Waals surface area contributed by atoms with Gasteiger partial charge in [-0.05, 0) is 24.3 Å². The number of rotatable bonds is 5. The fourth-order valence-corrected chi connectivity index (χ4v) is 1.14. The normalized spacial score (nSPS) is 12.3. The molecule has 0 unspecified atom stereocenters. The van der Waals surface area contributed by atoms with Gasteiger partial charge in [0.05, 0.1) is 6.61 Å². The van der Waals surface area contributed by atoms with E-state index in [1.54, 1.807) is 0 Å². The zero-order chi connectivity index (χ0) is 14.5. The molecule has 9 heteroatoms. The summed E-state index contributed by atoms with van der Waals surface area (Å²) in [4.78, 5) is 0. The first kappa shape index (κ1) is 15.4. The van der Waals surface area contributed by atoms with Crippen molar-refractivity contribution in [2.75, 3.05) is 18.5 Å². The lowest BCUT2D eigenvalue weighted by Crippen LogP contribution is -2.19. The molecule has 0 amide bonds. The summed E-state index contributed by atoms with van der Waals surface area (Å²) in [6.07, 6.45) is -9.48. The first-order valence-electron chi connectivity index (χ1n) is 4.96. The van der Waals surface area contributed by atoms with Crippen molar-refractivity contribution in [3.05, 3.63) is 24.3 Å². The van der Waals surface area contributed by atoms with Crippen molar-refractivity contribution in [1.29, 1.82) is 0 Å². The Labute approximate surface area is 104 Å². The molecule has 0 aliphatic heterocycles. The van der Waals surface area contributed by atoms with Gasteiger partial charge in [0.2, 0.25) is 0 Å². The van der Waals surface area contributed by atoms with Crippen LogP contribution in [0.15, 0.2) is 24.3 Å². The summed E-state index contributed by atoms with van der Waals surface area (Å²) in [6.45, 7) is -0.747. The summed E-state index contributed by atoms with van der Waals surface area (Å²) in [5.41, 5.74) is 0.347. The van der Waals surface area contributed by atoms with Gasteiger partial charge in [0, 0.05) is 12.2 Å². The van der Waals surface area contributed by atoms with Gasteiger partial charge < -0.3 is 10.1 Å². The molecule has 0 radical (unpaired) electrons. The Morgan fingerprint density at radius 1 is 0.895 bits per heavy atom. The van der Waals surface area contributed by atoms with Gasteiger partial charge in [-0.3, -0.25) is 4.74 Å². The van der Waals surface area contributed by atoms with E-state index in [0.717, 1.165) is 12.1 Å². The minimum absolute atomic E-state index is 0.140. The van der Waals surface area contributed by atoms with Crippen molar-refractivity contribution in [1.82, 2.24) is 0 Å². The third kappa shape index (κ3) is 7.39. The van der Waals surface area contributed by atoms with Gasteiger partial charge in [0.1, 0.15) is 5.75 Å². The molecule has 1 rings (SSSR count). The molecule has 1 aromatic rings. The SMILES string of the molecule is FC(F)(F)OCCNc1ccc(OC(F)(F)F)cc1. The predicted molar refractivity (Wildman–Crippen MR) is 53.6 cm³/mol. The molecule has 0 aliphatic carbocycles. The summed E-state index contributed by atoms with van der Waals surface area (Å²) in [7, 11) is 0. The van der Waals surface area contributed by atoms with E-state index in [4.69, 9.17) is 0 Å². The largest absolute Gasteiger partial charge is 0.573 e. The maximum Gasteiger partial charge on any atom is 0.573 e. The fraction of sp³-hybridized carbons (Fsp3) is 0.400. The summed E-state index contributed by atoms with van der Waals surface area (Å²) in [5.74, 6) is -0.412. The molecule has 108 valence electrons. The molecule has 0 bridgehead atoms. The number of hydrogen-bond acceptors (Lipinski definition) is 3. The fourth-order valence-electron chi connectivity index (χ4n) is 1.14. The summed E-state index contributed by atoms with van der Waals surface area (Å²) < 4.78 is 77.5. The Kier molecular flexibility index (Phi) is 4.87. The van der Waals surface area contributed by atoms with Gasteiger partial charge in [0.25, 0.3) is 0 Å². The van der Waals surface area contributed by atoms with E-state index in [2.05, 4.69) is 14.8 Å². The van der Waals surface area contributed by atoms with Crippen molar-refractivity contribution < 1.29 is 35.8 Å². The van der Waals surface area contributed by atoms with Crippen LogP contribution in [0.25, 0.3) is 0 Å². The van der Waals surface area contributed by atoms with E-state index in [-0.39, 0.29) is 6.54 Å². The van der Waals surface area contributed by atoms with Crippen LogP contribution in [-0.4, -0.2) is 25.9 Å². The second-order valence-corrected chi connectivity index (χ2v) is 3.29. The van der Waals surface area contributed by atoms with Gasteiger partial charge in [-0.15, -0.1) is 26.3 Å². The average molecular weight is 289 g/mol. The molecule has 0 aromatic heterocycles. The Balaban J connectivity index is 2.36. The highest BCUT2D eigenvalue weighted by molar-refractivity contribution is 5.46. The Morgan fingerprint density at radius 3 is 1.95 bits per heavy atom. The summed E-state index contributed by atoms with van der Waals surface area (Å²) in [5, 5.41) is 2.55. The Morgan fingerprint density at radius 2 is 1.47 bits per heavy atom. The lowest BCUT2D eigenvalue weighted by atomic mass is 10.3. The van der Waals surface area contributed by atoms with Gasteiger partial charge in [-0.25, -0.2) is 0 Å². The molecule has 0 saturated carbocycles. The highest BCUT2D eigenvalue weighted by Crippen LogP contribution is 2.23. The average Bonchev–Trinajstić information content (AvgIpc) is 2.23. The smallest absolute Gasteiger partial charge is 0.406 e. The maximum absolute atomic E-state index is 11.8. The van der Waals surface area contributed by atoms with Crippen LogP contribution in [0.1, 0.15) is 0 Å². The number of hydrogen-bond donors (Lipinski definition) is 1. The first-order chi connectivity index (χ1) is 8.66. The van der Waals surface area contributed by atoms with E-state index in [1.807, 2.05) is 0 Å². The van der Waals surface area contributed by atoms with E-state index < -0.39 is 25.1 Å². The molecule has 0 fully saturated rings. The van der Waals surface area contributed by atoms with Gasteiger partial charge in [-0.1, -0.05) is 0 Å². The number of ether oxygens (including phenoxy) is 2. The van der Waals surface area contributed by atoms with Crippen LogP contribution in [0.4, 0.5) is 32.0 Å². The maximum atomic E-state index is 11.8. The van der Waals surface area contributed by atoms with Crippen molar-refractivity contribution in [3.63, 3.8) is 0 Å². The first-order valence-corrected chi connectivity index (χ1v) is 4.96. The third-order valence-corrected chi connectivity index (χ3v) is 1.78. The topological polar surface area (TPSA) is 30.5 Å². The van der Waals surface area contributed by atoms with Crippen LogP contribution in [0.2, 0.25) is 0 Å². The number of alkyl halides is 6. The van der Waals surface area contributed by atoms with Crippen molar-refractivity contribution >= 4 is 5.69 Å². The minimum atomic E-state index is -4.78. The molecule has 0 atom stereocenters. The zero-order valence-corrected chi connectivity index (χ0v) is 9.31. The molecule has 0 aliphatic rings. The number of anilines is 1. The molecule has 1 aromatic carbocycles. The lowest BCUT2D eigenvalue weighted by Gasteiger charge is -2.11. The molecule has 0 heterocycles. The van der Waals surface area contributed by atoms with Gasteiger partial charge >= 0.3 is 12.7 Å². The van der Waals surface area contributed by atoms with Crippen LogP contribution in [0.3, 0.4) is 0 Å². The van der Waals surface area contributed by atoms with Crippen LogP contribution < -0.4 is 10.1 Å². The van der Waals surface area contributed by atoms with E-state index in [0.29, 0.717) is 5.69 Å². The van der Waals surface area contributed by atoms with Crippen molar-refractivity contribution in [3.8, 4) is 5.75 Å². The quantitative estimate of drug-likeness (QED) is 0.664. The zero-order valence-electron chi connectivity index (χ0n) is 9.31. The van der Waals surface area contributed by atoms with Crippen molar-refractivity contribution in [2.45, 2.75) is 12.7 Å². The number of nitrogens with one attached hydrogen (secondary N) is 1. The Hall–Kier alpha value is -1.64. The van der Waals surface area contributed by atoms with Crippen LogP contribution in [-0.2, 0) is 4.74 Å². The number of benzene rings is 1. The molecular weight excluding hydrogens is 280 g/mol. The molecule has 1 N–H and O–H groups in total.